The van der Waals surface area contributed by atoms with Gasteiger partial charge in [0.25, 0.3) is 0 Å². The van der Waals surface area contributed by atoms with Crippen LogP contribution in [0.3, 0.4) is 0 Å². The van der Waals surface area contributed by atoms with Gasteiger partial charge in [-0.25, -0.2) is 0 Å². The van der Waals surface area contributed by atoms with E-state index in [1.54, 1.807) is 14.0 Å². The van der Waals surface area contributed by atoms with Crippen molar-refractivity contribution in [2.45, 2.75) is 26.7 Å². The Labute approximate surface area is 84.3 Å². The fourth-order valence-corrected chi connectivity index (χ4v) is 1.06. The van der Waals surface area contributed by atoms with Gasteiger partial charge in [0.15, 0.2) is 0 Å². The molecule has 0 rings (SSSR count). The molecule has 0 spiro atoms. The first-order valence-corrected chi connectivity index (χ1v) is 4.67. The van der Waals surface area contributed by atoms with Crippen molar-refractivity contribution >= 4 is 18.0 Å². The number of carbonyl (C=O) groups is 3. The molecule has 0 aliphatic rings. The third kappa shape index (κ3) is 4.74. The van der Waals surface area contributed by atoms with E-state index in [4.69, 9.17) is 0 Å². The third-order valence-corrected chi connectivity index (χ3v) is 2.05. The first-order chi connectivity index (χ1) is 6.49. The van der Waals surface area contributed by atoms with Crippen molar-refractivity contribution in [2.75, 3.05) is 13.6 Å². The maximum atomic E-state index is 11.5. The highest BCUT2D eigenvalue weighted by atomic mass is 16.2. The van der Waals surface area contributed by atoms with Crippen molar-refractivity contribution in [1.29, 1.82) is 0 Å². The maximum Gasteiger partial charge on any atom is 0.225 e. The van der Waals surface area contributed by atoms with E-state index in [9.17, 15) is 14.4 Å². The second-order valence-corrected chi connectivity index (χ2v) is 3.52. The molecule has 0 saturated heterocycles. The van der Waals surface area contributed by atoms with Crippen molar-refractivity contribution < 1.29 is 14.4 Å². The minimum atomic E-state index is -0.288. The minimum Gasteiger partial charge on any atom is -0.345 e. The summed E-state index contributed by atoms with van der Waals surface area (Å²) in [4.78, 5) is 33.9. The Morgan fingerprint density at radius 1 is 1.43 bits per heavy atom. The predicted molar refractivity (Wildman–Crippen MR) is 52.8 cm³/mol. The van der Waals surface area contributed by atoms with Crippen molar-refractivity contribution in [3.05, 3.63) is 0 Å². The Bertz CT molecular complexity index is 225. The number of rotatable bonds is 6. The lowest BCUT2D eigenvalue weighted by Gasteiger charge is -2.19. The standard InChI is InChI=1S/C10H17NO3/c1-8(5-7-12)10(14)11(3)6-4-9(2)13/h7-8H,4-6H2,1-3H3. The van der Waals surface area contributed by atoms with Gasteiger partial charge in [-0.3, -0.25) is 9.59 Å². The largest absolute Gasteiger partial charge is 0.345 e. The van der Waals surface area contributed by atoms with Crippen LogP contribution in [0, 0.1) is 5.92 Å². The summed E-state index contributed by atoms with van der Waals surface area (Å²) in [5.41, 5.74) is 0. The van der Waals surface area contributed by atoms with Gasteiger partial charge in [0.05, 0.1) is 0 Å². The molecule has 0 aromatic rings. The highest BCUT2D eigenvalue weighted by Gasteiger charge is 2.16. The van der Waals surface area contributed by atoms with Gasteiger partial charge in [-0.1, -0.05) is 6.92 Å². The zero-order chi connectivity index (χ0) is 11.1. The highest BCUT2D eigenvalue weighted by Crippen LogP contribution is 2.04. The van der Waals surface area contributed by atoms with E-state index in [0.717, 1.165) is 6.29 Å². The van der Waals surface area contributed by atoms with Gasteiger partial charge < -0.3 is 9.69 Å². The number of aldehydes is 1. The van der Waals surface area contributed by atoms with E-state index in [1.165, 1.54) is 11.8 Å². The van der Waals surface area contributed by atoms with E-state index >= 15 is 0 Å². The topological polar surface area (TPSA) is 54.5 Å². The van der Waals surface area contributed by atoms with Crippen LogP contribution in [0.15, 0.2) is 0 Å². The van der Waals surface area contributed by atoms with Crippen LogP contribution in [-0.4, -0.2) is 36.5 Å². The molecule has 0 bridgehead atoms. The van der Waals surface area contributed by atoms with Crippen molar-refractivity contribution in [3.8, 4) is 0 Å². The Morgan fingerprint density at radius 3 is 2.43 bits per heavy atom. The van der Waals surface area contributed by atoms with Crippen LogP contribution in [-0.2, 0) is 14.4 Å². The van der Waals surface area contributed by atoms with Crippen LogP contribution in [0.1, 0.15) is 26.7 Å². The number of Topliss-reactive ketones (excluding diaryl/α,β-unsaturated/α-hetero) is 1. The number of ketones is 1. The quantitative estimate of drug-likeness (QED) is 0.590. The van der Waals surface area contributed by atoms with Crippen molar-refractivity contribution in [3.63, 3.8) is 0 Å². The van der Waals surface area contributed by atoms with Crippen LogP contribution in [0.4, 0.5) is 0 Å². The lowest BCUT2D eigenvalue weighted by Crippen LogP contribution is -2.33. The van der Waals surface area contributed by atoms with E-state index in [0.29, 0.717) is 13.0 Å². The Kier molecular flexibility index (Phi) is 5.76. The SMILES string of the molecule is CC(=O)CCN(C)C(=O)C(C)CC=O. The summed E-state index contributed by atoms with van der Waals surface area (Å²) in [6, 6.07) is 0. The lowest BCUT2D eigenvalue weighted by molar-refractivity contribution is -0.135. The molecule has 0 aromatic heterocycles. The van der Waals surface area contributed by atoms with E-state index < -0.39 is 0 Å². The molecular formula is C10H17NO3. The Morgan fingerprint density at radius 2 is 2.00 bits per heavy atom. The van der Waals surface area contributed by atoms with Gasteiger partial charge in [-0.2, -0.15) is 0 Å². The van der Waals surface area contributed by atoms with Crippen molar-refractivity contribution in [1.82, 2.24) is 4.90 Å². The molecule has 80 valence electrons. The molecule has 0 heterocycles. The van der Waals surface area contributed by atoms with E-state index in [1.807, 2.05) is 0 Å². The number of carbonyl (C=O) groups excluding carboxylic acids is 3. The summed E-state index contributed by atoms with van der Waals surface area (Å²) in [6.07, 6.45) is 1.35. The van der Waals surface area contributed by atoms with Crippen LogP contribution in [0.25, 0.3) is 0 Å². The normalized spacial score (nSPS) is 11.9. The van der Waals surface area contributed by atoms with Gasteiger partial charge in [0.2, 0.25) is 5.91 Å². The number of nitrogens with zero attached hydrogens (tertiary/aromatic N) is 1. The summed E-state index contributed by atoms with van der Waals surface area (Å²) in [5.74, 6) is -0.310. The molecular weight excluding hydrogens is 182 g/mol. The number of hydrogen-bond acceptors (Lipinski definition) is 3. The molecule has 0 aliphatic carbocycles. The monoisotopic (exact) mass is 199 g/mol. The maximum absolute atomic E-state index is 11.5. The summed E-state index contributed by atoms with van der Waals surface area (Å²) in [5, 5.41) is 0. The summed E-state index contributed by atoms with van der Waals surface area (Å²) < 4.78 is 0. The molecule has 4 nitrogen and oxygen atoms in total. The van der Waals surface area contributed by atoms with Gasteiger partial charge in [0.1, 0.15) is 12.1 Å². The van der Waals surface area contributed by atoms with Crippen LogP contribution in [0.2, 0.25) is 0 Å². The van der Waals surface area contributed by atoms with Crippen LogP contribution < -0.4 is 0 Å². The van der Waals surface area contributed by atoms with E-state index in [2.05, 4.69) is 0 Å². The second-order valence-electron chi connectivity index (χ2n) is 3.52. The molecule has 1 amide bonds. The zero-order valence-electron chi connectivity index (χ0n) is 8.95. The predicted octanol–water partition coefficient (Wildman–Crippen LogP) is 0.649. The average molecular weight is 199 g/mol. The number of hydrogen-bond donors (Lipinski definition) is 0. The summed E-state index contributed by atoms with van der Waals surface area (Å²) in [7, 11) is 1.65. The lowest BCUT2D eigenvalue weighted by atomic mass is 10.1. The van der Waals surface area contributed by atoms with Gasteiger partial charge in [-0.05, 0) is 6.92 Å². The zero-order valence-corrected chi connectivity index (χ0v) is 8.95. The second kappa shape index (κ2) is 6.29. The first-order valence-electron chi connectivity index (χ1n) is 4.67. The molecule has 0 aliphatic heterocycles. The summed E-state index contributed by atoms with van der Waals surface area (Å²) in [6.45, 7) is 3.63. The highest BCUT2D eigenvalue weighted by molar-refractivity contribution is 5.81. The van der Waals surface area contributed by atoms with Crippen molar-refractivity contribution in [2.24, 2.45) is 5.92 Å². The minimum absolute atomic E-state index is 0.0627. The molecule has 0 radical (unpaired) electrons. The molecule has 14 heavy (non-hydrogen) atoms. The molecule has 4 heteroatoms. The van der Waals surface area contributed by atoms with Crippen LogP contribution >= 0.6 is 0 Å². The molecule has 1 atom stereocenters. The summed E-state index contributed by atoms with van der Waals surface area (Å²) >= 11 is 0. The number of amides is 1. The average Bonchev–Trinajstić information content (AvgIpc) is 2.13. The molecule has 0 fully saturated rings. The smallest absolute Gasteiger partial charge is 0.225 e. The molecule has 0 N–H and O–H groups in total. The molecule has 0 aromatic carbocycles. The third-order valence-electron chi connectivity index (χ3n) is 2.05. The molecule has 1 unspecified atom stereocenters. The Balaban J connectivity index is 3.97. The fourth-order valence-electron chi connectivity index (χ4n) is 1.06. The van der Waals surface area contributed by atoms with Gasteiger partial charge in [0, 0.05) is 32.4 Å². The fraction of sp³-hybridized carbons (Fsp3) is 0.700. The Hall–Kier alpha value is -1.19. The first kappa shape index (κ1) is 12.8. The van der Waals surface area contributed by atoms with Gasteiger partial charge >= 0.3 is 0 Å². The van der Waals surface area contributed by atoms with Gasteiger partial charge in [-0.15, -0.1) is 0 Å². The van der Waals surface area contributed by atoms with E-state index in [-0.39, 0.29) is 24.0 Å². The van der Waals surface area contributed by atoms with Crippen LogP contribution in [0.5, 0.6) is 0 Å². The molecule has 0 saturated carbocycles.